The molecular weight excluding hydrogens is 222 g/mol. The summed E-state index contributed by atoms with van der Waals surface area (Å²) < 4.78 is 10.1. The van der Waals surface area contributed by atoms with E-state index >= 15 is 0 Å². The van der Waals surface area contributed by atoms with E-state index in [1.807, 2.05) is 6.07 Å². The molecule has 0 radical (unpaired) electrons. The molecule has 0 aliphatic heterocycles. The van der Waals surface area contributed by atoms with Crippen molar-refractivity contribution in [2.75, 3.05) is 19.5 Å². The monoisotopic (exact) mass is 235 g/mol. The molecule has 14 heavy (non-hydrogen) atoms. The molecule has 1 unspecified atom stereocenters. The molecular formula is C9H14ClNO2S. The predicted octanol–water partition coefficient (Wildman–Crippen LogP) is 2.14. The lowest BCUT2D eigenvalue weighted by atomic mass is 10.4. The van der Waals surface area contributed by atoms with Crippen LogP contribution in [0.15, 0.2) is 16.5 Å². The van der Waals surface area contributed by atoms with E-state index in [1.165, 1.54) is 0 Å². The Bertz CT molecular complexity index is 267. The Morgan fingerprint density at radius 3 is 3.00 bits per heavy atom. The molecule has 2 N–H and O–H groups in total. The molecule has 0 saturated heterocycles. The lowest BCUT2D eigenvalue weighted by Crippen LogP contribution is -2.28. The quantitative estimate of drug-likeness (QED) is 0.821. The molecule has 0 saturated carbocycles. The first-order valence-electron chi connectivity index (χ1n) is 4.29. The van der Waals surface area contributed by atoms with E-state index in [-0.39, 0.29) is 6.04 Å². The zero-order chi connectivity index (χ0) is 10.4. The number of hydrogen-bond donors (Lipinski definition) is 1. The Hall–Kier alpha value is -0.160. The average Bonchev–Trinajstić information content (AvgIpc) is 2.52. The fourth-order valence-corrected chi connectivity index (χ4v) is 2.04. The third-order valence-electron chi connectivity index (χ3n) is 1.59. The van der Waals surface area contributed by atoms with E-state index in [2.05, 4.69) is 0 Å². The minimum Gasteiger partial charge on any atom is -0.449 e. The lowest BCUT2D eigenvalue weighted by molar-refractivity contribution is 0.186. The maximum absolute atomic E-state index is 5.75. The van der Waals surface area contributed by atoms with Gasteiger partial charge < -0.3 is 14.9 Å². The van der Waals surface area contributed by atoms with Crippen molar-refractivity contribution in [1.29, 1.82) is 0 Å². The highest BCUT2D eigenvalue weighted by molar-refractivity contribution is 7.98. The highest BCUT2D eigenvalue weighted by atomic mass is 35.5. The standard InChI is InChI=1S/C9H14ClNO2S/c1-12-4-7(11)5-14-6-8-2-3-9(10)13-8/h2-3,7H,4-6,11H2,1H3. The summed E-state index contributed by atoms with van der Waals surface area (Å²) in [6, 6.07) is 3.69. The molecule has 1 aromatic heterocycles. The van der Waals surface area contributed by atoms with Crippen LogP contribution < -0.4 is 5.73 Å². The molecule has 1 atom stereocenters. The molecule has 0 aliphatic carbocycles. The molecule has 1 heterocycles. The van der Waals surface area contributed by atoms with Gasteiger partial charge >= 0.3 is 0 Å². The fourth-order valence-electron chi connectivity index (χ4n) is 1.00. The van der Waals surface area contributed by atoms with Gasteiger partial charge in [0.25, 0.3) is 0 Å². The predicted molar refractivity (Wildman–Crippen MR) is 59.7 cm³/mol. The topological polar surface area (TPSA) is 48.4 Å². The van der Waals surface area contributed by atoms with Gasteiger partial charge in [0.2, 0.25) is 0 Å². The summed E-state index contributed by atoms with van der Waals surface area (Å²) in [5.41, 5.74) is 5.75. The van der Waals surface area contributed by atoms with Crippen LogP contribution in [-0.2, 0) is 10.5 Å². The highest BCUT2D eigenvalue weighted by Gasteiger charge is 2.04. The van der Waals surface area contributed by atoms with Crippen LogP contribution in [0.25, 0.3) is 0 Å². The van der Waals surface area contributed by atoms with E-state index in [4.69, 9.17) is 26.5 Å². The van der Waals surface area contributed by atoms with Crippen LogP contribution in [0.5, 0.6) is 0 Å². The number of hydrogen-bond acceptors (Lipinski definition) is 4. The summed E-state index contributed by atoms with van der Waals surface area (Å²) in [5.74, 6) is 2.53. The fraction of sp³-hybridized carbons (Fsp3) is 0.556. The molecule has 0 fully saturated rings. The summed E-state index contributed by atoms with van der Waals surface area (Å²) in [6.07, 6.45) is 0. The van der Waals surface area contributed by atoms with Crippen molar-refractivity contribution in [3.8, 4) is 0 Å². The number of rotatable bonds is 6. The first-order valence-corrected chi connectivity index (χ1v) is 5.82. The summed E-state index contributed by atoms with van der Waals surface area (Å²) in [7, 11) is 1.65. The third-order valence-corrected chi connectivity index (χ3v) is 2.94. The minimum atomic E-state index is 0.0791. The van der Waals surface area contributed by atoms with Crippen LogP contribution in [-0.4, -0.2) is 25.5 Å². The largest absolute Gasteiger partial charge is 0.449 e. The number of nitrogens with two attached hydrogens (primary N) is 1. The second-order valence-corrected chi connectivity index (χ2v) is 4.34. The maximum atomic E-state index is 5.75. The molecule has 0 amide bonds. The summed E-state index contributed by atoms with van der Waals surface area (Å²) in [4.78, 5) is 0. The maximum Gasteiger partial charge on any atom is 0.193 e. The van der Waals surface area contributed by atoms with E-state index < -0.39 is 0 Å². The summed E-state index contributed by atoms with van der Waals surface area (Å²) in [6.45, 7) is 0.589. The first kappa shape index (κ1) is 11.9. The highest BCUT2D eigenvalue weighted by Crippen LogP contribution is 2.18. The van der Waals surface area contributed by atoms with Gasteiger partial charge in [-0.25, -0.2) is 0 Å². The second kappa shape index (κ2) is 6.35. The molecule has 1 rings (SSSR count). The molecule has 80 valence electrons. The SMILES string of the molecule is COCC(N)CSCc1ccc(Cl)o1. The molecule has 5 heteroatoms. The van der Waals surface area contributed by atoms with Gasteiger partial charge in [-0.1, -0.05) is 0 Å². The van der Waals surface area contributed by atoms with Gasteiger partial charge in [-0.05, 0) is 23.7 Å². The first-order chi connectivity index (χ1) is 6.72. The normalized spacial score (nSPS) is 13.1. The van der Waals surface area contributed by atoms with Gasteiger partial charge in [0, 0.05) is 18.9 Å². The van der Waals surface area contributed by atoms with Crippen LogP contribution >= 0.6 is 23.4 Å². The van der Waals surface area contributed by atoms with Crippen LogP contribution in [0, 0.1) is 0 Å². The van der Waals surface area contributed by atoms with Gasteiger partial charge in [-0.3, -0.25) is 0 Å². The Balaban J connectivity index is 2.15. The number of methoxy groups -OCH3 is 1. The van der Waals surface area contributed by atoms with Gasteiger partial charge in [0.1, 0.15) is 5.76 Å². The Kier molecular flexibility index (Phi) is 5.40. The third kappa shape index (κ3) is 4.37. The van der Waals surface area contributed by atoms with Gasteiger partial charge in [-0.15, -0.1) is 0 Å². The van der Waals surface area contributed by atoms with E-state index in [1.54, 1.807) is 24.9 Å². The van der Waals surface area contributed by atoms with Crippen LogP contribution in [0.4, 0.5) is 0 Å². The van der Waals surface area contributed by atoms with Crippen molar-refractivity contribution in [1.82, 2.24) is 0 Å². The second-order valence-electron chi connectivity index (χ2n) is 2.94. The van der Waals surface area contributed by atoms with Crippen molar-refractivity contribution in [2.45, 2.75) is 11.8 Å². The Morgan fingerprint density at radius 1 is 1.64 bits per heavy atom. The number of halogens is 1. The van der Waals surface area contributed by atoms with Crippen LogP contribution in [0.2, 0.25) is 5.22 Å². The van der Waals surface area contributed by atoms with Gasteiger partial charge in [0.05, 0.1) is 12.4 Å². The molecule has 1 aromatic rings. The van der Waals surface area contributed by atoms with Crippen molar-refractivity contribution < 1.29 is 9.15 Å². The van der Waals surface area contributed by atoms with Crippen LogP contribution in [0.1, 0.15) is 5.76 Å². The Labute approximate surface area is 92.9 Å². The van der Waals surface area contributed by atoms with E-state index in [9.17, 15) is 0 Å². The van der Waals surface area contributed by atoms with Crippen molar-refractivity contribution in [3.63, 3.8) is 0 Å². The van der Waals surface area contributed by atoms with Gasteiger partial charge in [0.15, 0.2) is 5.22 Å². The number of furan rings is 1. The summed E-state index contributed by atoms with van der Waals surface area (Å²) in [5, 5.41) is 0.432. The molecule has 0 aromatic carbocycles. The van der Waals surface area contributed by atoms with Gasteiger partial charge in [-0.2, -0.15) is 11.8 Å². The van der Waals surface area contributed by atoms with E-state index in [0.29, 0.717) is 11.8 Å². The smallest absolute Gasteiger partial charge is 0.193 e. The average molecular weight is 236 g/mol. The lowest BCUT2D eigenvalue weighted by Gasteiger charge is -2.08. The summed E-state index contributed by atoms with van der Waals surface area (Å²) >= 11 is 7.34. The van der Waals surface area contributed by atoms with Crippen LogP contribution in [0.3, 0.4) is 0 Å². The Morgan fingerprint density at radius 2 is 2.43 bits per heavy atom. The zero-order valence-electron chi connectivity index (χ0n) is 8.03. The number of ether oxygens (including phenoxy) is 1. The van der Waals surface area contributed by atoms with Crippen molar-refractivity contribution >= 4 is 23.4 Å². The minimum absolute atomic E-state index is 0.0791. The van der Waals surface area contributed by atoms with Crippen molar-refractivity contribution in [2.24, 2.45) is 5.73 Å². The molecule has 0 spiro atoms. The zero-order valence-corrected chi connectivity index (χ0v) is 9.61. The number of thioether (sulfide) groups is 1. The molecule has 3 nitrogen and oxygen atoms in total. The van der Waals surface area contributed by atoms with E-state index in [0.717, 1.165) is 17.3 Å². The molecule has 0 bridgehead atoms. The molecule has 0 aliphatic rings. The van der Waals surface area contributed by atoms with Crippen molar-refractivity contribution in [3.05, 3.63) is 23.1 Å².